The fourth-order valence-corrected chi connectivity index (χ4v) is 2.89. The fraction of sp³-hybridized carbons (Fsp3) is 0.375. The number of amides is 1. The molecule has 118 valence electrons. The Morgan fingerprint density at radius 1 is 1.45 bits per heavy atom. The van der Waals surface area contributed by atoms with Crippen molar-refractivity contribution < 1.29 is 14.6 Å². The van der Waals surface area contributed by atoms with Crippen LogP contribution >= 0.6 is 11.3 Å². The molecule has 5 nitrogen and oxygen atoms in total. The smallest absolute Gasteiger partial charge is 0.255 e. The molecule has 0 saturated heterocycles. The van der Waals surface area contributed by atoms with E-state index in [9.17, 15) is 9.90 Å². The summed E-state index contributed by atoms with van der Waals surface area (Å²) in [5, 5.41) is 11.7. The first-order chi connectivity index (χ1) is 10.5. The molecule has 0 aliphatic carbocycles. The maximum absolute atomic E-state index is 12.4. The summed E-state index contributed by atoms with van der Waals surface area (Å²) in [6.07, 6.45) is -0.697. The first-order valence-electron chi connectivity index (χ1n) is 6.97. The highest BCUT2D eigenvalue weighted by Crippen LogP contribution is 2.24. The van der Waals surface area contributed by atoms with E-state index in [1.807, 2.05) is 30.5 Å². The molecule has 0 radical (unpaired) electrons. The van der Waals surface area contributed by atoms with Gasteiger partial charge in [-0.25, -0.2) is 0 Å². The molecule has 0 aliphatic rings. The first kappa shape index (κ1) is 16.6. The zero-order valence-electron chi connectivity index (χ0n) is 12.9. The van der Waals surface area contributed by atoms with Gasteiger partial charge < -0.3 is 14.7 Å². The van der Waals surface area contributed by atoms with Crippen molar-refractivity contribution in [3.63, 3.8) is 0 Å². The van der Waals surface area contributed by atoms with Crippen LogP contribution in [-0.4, -0.2) is 54.3 Å². The Morgan fingerprint density at radius 3 is 2.82 bits per heavy atom. The predicted octanol–water partition coefficient (Wildman–Crippen LogP) is 2.20. The monoisotopic (exact) mass is 320 g/mol. The van der Waals surface area contributed by atoms with E-state index in [0.29, 0.717) is 11.3 Å². The Kier molecular flexibility index (Phi) is 5.65. The van der Waals surface area contributed by atoms with Gasteiger partial charge in [0.15, 0.2) is 0 Å². The number of rotatable bonds is 6. The van der Waals surface area contributed by atoms with Gasteiger partial charge in [-0.3, -0.25) is 9.78 Å². The summed E-state index contributed by atoms with van der Waals surface area (Å²) in [5.74, 6) is -0.155. The number of aliphatic hydroxyl groups is 1. The number of hydrogen-bond donors (Lipinski definition) is 1. The first-order valence-corrected chi connectivity index (χ1v) is 7.85. The highest BCUT2D eigenvalue weighted by molar-refractivity contribution is 7.13. The summed E-state index contributed by atoms with van der Waals surface area (Å²) in [4.78, 5) is 19.5. The topological polar surface area (TPSA) is 62.7 Å². The van der Waals surface area contributed by atoms with Crippen LogP contribution in [0, 0.1) is 6.92 Å². The van der Waals surface area contributed by atoms with E-state index in [4.69, 9.17) is 4.74 Å². The number of hydrogen-bond acceptors (Lipinski definition) is 5. The number of pyridine rings is 1. The number of carbonyl (C=O) groups is 1. The molecular formula is C16H20N2O3S. The van der Waals surface area contributed by atoms with Crippen molar-refractivity contribution in [3.05, 3.63) is 40.9 Å². The molecule has 2 aromatic rings. The zero-order valence-corrected chi connectivity index (χ0v) is 13.8. The van der Waals surface area contributed by atoms with Gasteiger partial charge >= 0.3 is 0 Å². The standard InChI is InChI=1S/C16H20N2O3S/c1-11-13(16(20)18(2)9-12(19)10-21-3)6-7-14(17-11)15-5-4-8-22-15/h4-8,12,19H,9-10H2,1-3H3. The molecule has 0 aromatic carbocycles. The van der Waals surface area contributed by atoms with Crippen LogP contribution in [-0.2, 0) is 4.74 Å². The van der Waals surface area contributed by atoms with Gasteiger partial charge in [-0.15, -0.1) is 11.3 Å². The number of ether oxygens (including phenoxy) is 1. The van der Waals surface area contributed by atoms with Crippen LogP contribution in [0.3, 0.4) is 0 Å². The molecule has 0 aliphatic heterocycles. The third kappa shape index (κ3) is 3.91. The molecule has 1 atom stereocenters. The molecule has 1 amide bonds. The summed E-state index contributed by atoms with van der Waals surface area (Å²) >= 11 is 1.61. The molecule has 2 heterocycles. The number of aryl methyl sites for hydroxylation is 1. The summed E-state index contributed by atoms with van der Waals surface area (Å²) in [5.41, 5.74) is 2.10. The number of carbonyl (C=O) groups excluding carboxylic acids is 1. The molecule has 0 spiro atoms. The van der Waals surface area contributed by atoms with Gasteiger partial charge in [-0.2, -0.15) is 0 Å². The van der Waals surface area contributed by atoms with Gasteiger partial charge in [0.2, 0.25) is 0 Å². The molecule has 1 N–H and O–H groups in total. The normalized spacial score (nSPS) is 12.2. The van der Waals surface area contributed by atoms with Crippen LogP contribution in [0.2, 0.25) is 0 Å². The summed E-state index contributed by atoms with van der Waals surface area (Å²) in [6, 6.07) is 7.62. The van der Waals surface area contributed by atoms with Crippen LogP contribution in [0.25, 0.3) is 10.6 Å². The molecule has 0 saturated carbocycles. The molecule has 0 fully saturated rings. The van der Waals surface area contributed by atoms with Crippen molar-refractivity contribution >= 4 is 17.2 Å². The van der Waals surface area contributed by atoms with E-state index < -0.39 is 6.10 Å². The van der Waals surface area contributed by atoms with Crippen LogP contribution in [0.1, 0.15) is 16.1 Å². The van der Waals surface area contributed by atoms with Crippen LogP contribution in [0.4, 0.5) is 0 Å². The van der Waals surface area contributed by atoms with Crippen LogP contribution in [0.15, 0.2) is 29.6 Å². The molecule has 2 rings (SSSR count). The van der Waals surface area contributed by atoms with Crippen molar-refractivity contribution in [2.45, 2.75) is 13.0 Å². The quantitative estimate of drug-likeness (QED) is 0.886. The molecule has 6 heteroatoms. The second-order valence-electron chi connectivity index (χ2n) is 5.10. The number of methoxy groups -OCH3 is 1. The lowest BCUT2D eigenvalue weighted by atomic mass is 10.1. The van der Waals surface area contributed by atoms with Crippen molar-refractivity contribution in [2.24, 2.45) is 0 Å². The predicted molar refractivity (Wildman–Crippen MR) is 87.1 cm³/mol. The molecule has 0 bridgehead atoms. The number of likely N-dealkylation sites (N-methyl/N-ethyl adjacent to an activating group) is 1. The summed E-state index contributed by atoms with van der Waals surface area (Å²) < 4.78 is 4.87. The Hall–Kier alpha value is -1.76. The Labute approximate surface area is 134 Å². The lowest BCUT2D eigenvalue weighted by Gasteiger charge is -2.21. The fourth-order valence-electron chi connectivity index (χ4n) is 2.20. The minimum absolute atomic E-state index is 0.155. The van der Waals surface area contributed by atoms with E-state index in [1.165, 1.54) is 12.0 Å². The molecule has 1 unspecified atom stereocenters. The summed E-state index contributed by atoms with van der Waals surface area (Å²) in [7, 11) is 3.18. The van der Waals surface area contributed by atoms with Gasteiger partial charge in [0.25, 0.3) is 5.91 Å². The maximum atomic E-state index is 12.4. The average Bonchev–Trinajstić information content (AvgIpc) is 3.00. The summed E-state index contributed by atoms with van der Waals surface area (Å²) in [6.45, 7) is 2.24. The SMILES string of the molecule is COCC(O)CN(C)C(=O)c1ccc(-c2cccs2)nc1C. The zero-order chi connectivity index (χ0) is 16.1. The molecule has 2 aromatic heterocycles. The van der Waals surface area contributed by atoms with Crippen molar-refractivity contribution in [1.82, 2.24) is 9.88 Å². The highest BCUT2D eigenvalue weighted by atomic mass is 32.1. The van der Waals surface area contributed by atoms with Gasteiger partial charge in [0.05, 0.1) is 34.5 Å². The average molecular weight is 320 g/mol. The van der Waals surface area contributed by atoms with Gasteiger partial charge in [-0.1, -0.05) is 6.07 Å². The van der Waals surface area contributed by atoms with Gasteiger partial charge in [0.1, 0.15) is 0 Å². The number of aliphatic hydroxyl groups excluding tert-OH is 1. The minimum Gasteiger partial charge on any atom is -0.389 e. The lowest BCUT2D eigenvalue weighted by molar-refractivity contribution is 0.0380. The molecular weight excluding hydrogens is 300 g/mol. The van der Waals surface area contributed by atoms with Gasteiger partial charge in [-0.05, 0) is 30.5 Å². The van der Waals surface area contributed by atoms with Crippen molar-refractivity contribution in [1.29, 1.82) is 0 Å². The Balaban J connectivity index is 2.13. The number of nitrogens with zero attached hydrogens (tertiary/aromatic N) is 2. The lowest BCUT2D eigenvalue weighted by Crippen LogP contribution is -2.36. The van der Waals surface area contributed by atoms with Crippen LogP contribution in [0.5, 0.6) is 0 Å². The van der Waals surface area contributed by atoms with E-state index >= 15 is 0 Å². The Bertz CT molecular complexity index is 628. The maximum Gasteiger partial charge on any atom is 0.255 e. The van der Waals surface area contributed by atoms with E-state index in [1.54, 1.807) is 24.5 Å². The third-order valence-electron chi connectivity index (χ3n) is 3.28. The number of thiophene rings is 1. The van der Waals surface area contributed by atoms with Crippen molar-refractivity contribution in [2.75, 3.05) is 27.3 Å². The molecule has 22 heavy (non-hydrogen) atoms. The Morgan fingerprint density at radius 2 is 2.23 bits per heavy atom. The van der Waals surface area contributed by atoms with E-state index in [2.05, 4.69) is 4.98 Å². The second-order valence-corrected chi connectivity index (χ2v) is 6.05. The second kappa shape index (κ2) is 7.49. The number of aromatic nitrogens is 1. The van der Waals surface area contributed by atoms with Gasteiger partial charge in [0, 0.05) is 20.7 Å². The van der Waals surface area contributed by atoms with Crippen molar-refractivity contribution in [3.8, 4) is 10.6 Å². The third-order valence-corrected chi connectivity index (χ3v) is 4.17. The largest absolute Gasteiger partial charge is 0.389 e. The minimum atomic E-state index is -0.697. The highest BCUT2D eigenvalue weighted by Gasteiger charge is 2.18. The van der Waals surface area contributed by atoms with Crippen LogP contribution < -0.4 is 0 Å². The van der Waals surface area contributed by atoms with E-state index in [-0.39, 0.29) is 19.1 Å². The van der Waals surface area contributed by atoms with E-state index in [0.717, 1.165) is 10.6 Å².